The highest BCUT2D eigenvalue weighted by Crippen LogP contribution is 2.30. The largest absolute Gasteiger partial charge is 0.292 e. The fourth-order valence-corrected chi connectivity index (χ4v) is 5.52. The van der Waals surface area contributed by atoms with Crippen molar-refractivity contribution < 1.29 is 13.2 Å². The molecule has 0 saturated heterocycles. The second kappa shape index (κ2) is 9.59. The van der Waals surface area contributed by atoms with Gasteiger partial charge in [0.2, 0.25) is 0 Å². The molecule has 0 aliphatic heterocycles. The number of ketones is 1. The highest BCUT2D eigenvalue weighted by atomic mass is 32.2. The van der Waals surface area contributed by atoms with Gasteiger partial charge in [0.05, 0.1) is 22.3 Å². The molecule has 8 heteroatoms. The van der Waals surface area contributed by atoms with E-state index in [0.717, 1.165) is 15.4 Å². The van der Waals surface area contributed by atoms with Gasteiger partial charge in [-0.1, -0.05) is 60.2 Å². The van der Waals surface area contributed by atoms with Gasteiger partial charge >= 0.3 is 0 Å². The number of hydrogen-bond donors (Lipinski definition) is 0. The molecular weight excluding hydrogens is 466 g/mol. The molecule has 3 aromatic carbocycles. The molecule has 4 rings (SSSR count). The van der Waals surface area contributed by atoms with Gasteiger partial charge in [-0.25, -0.2) is 13.4 Å². The van der Waals surface area contributed by atoms with E-state index < -0.39 is 21.7 Å². The van der Waals surface area contributed by atoms with Crippen molar-refractivity contribution in [3.8, 4) is 17.3 Å². The molecule has 0 fully saturated rings. The van der Waals surface area contributed by atoms with Crippen LogP contribution < -0.4 is 4.31 Å². The number of rotatable bonds is 7. The summed E-state index contributed by atoms with van der Waals surface area (Å²) >= 11 is 1.24. The zero-order valence-electron chi connectivity index (χ0n) is 18.5. The van der Waals surface area contributed by atoms with Crippen molar-refractivity contribution in [3.05, 3.63) is 100 Å². The predicted octanol–water partition coefficient (Wildman–Crippen LogP) is 5.43. The Labute approximate surface area is 202 Å². The molecule has 0 spiro atoms. The molecule has 1 aromatic heterocycles. The van der Waals surface area contributed by atoms with Crippen molar-refractivity contribution in [2.24, 2.45) is 0 Å². The Hall–Kier alpha value is -3.80. The first kappa shape index (κ1) is 23.4. The molecule has 0 radical (unpaired) electrons. The number of Topliss-reactive ketones (excluding diaryl/α,β-unsaturated/α-hetero) is 1. The molecule has 1 heterocycles. The fourth-order valence-electron chi connectivity index (χ4n) is 3.41. The maximum Gasteiger partial charge on any atom is 0.264 e. The number of sulfonamides is 1. The van der Waals surface area contributed by atoms with Gasteiger partial charge in [0.15, 0.2) is 11.7 Å². The van der Waals surface area contributed by atoms with Crippen LogP contribution in [0.3, 0.4) is 0 Å². The van der Waals surface area contributed by atoms with Crippen molar-refractivity contribution in [2.45, 2.75) is 17.7 Å². The minimum Gasteiger partial charge on any atom is -0.292 e. The monoisotopic (exact) mass is 487 g/mol. The highest BCUT2D eigenvalue weighted by molar-refractivity contribution is 7.92. The Morgan fingerprint density at radius 1 is 1.03 bits per heavy atom. The molecule has 1 atom stereocenters. The van der Waals surface area contributed by atoms with Crippen LogP contribution in [0.15, 0.2) is 89.1 Å². The fraction of sp³-hybridized carbons (Fsp3) is 0.115. The number of benzene rings is 3. The van der Waals surface area contributed by atoms with E-state index in [1.807, 2.05) is 42.6 Å². The lowest BCUT2D eigenvalue weighted by atomic mass is 9.99. The predicted molar refractivity (Wildman–Crippen MR) is 133 cm³/mol. The summed E-state index contributed by atoms with van der Waals surface area (Å²) in [4.78, 5) is 17.7. The van der Waals surface area contributed by atoms with E-state index in [2.05, 4.69) is 4.98 Å². The van der Waals surface area contributed by atoms with E-state index in [-0.39, 0.29) is 10.5 Å². The van der Waals surface area contributed by atoms with Crippen LogP contribution in [0, 0.1) is 18.3 Å². The zero-order chi connectivity index (χ0) is 24.3. The molecule has 0 aliphatic rings. The summed E-state index contributed by atoms with van der Waals surface area (Å²) in [5.74, 6) is -1.62. The smallest absolute Gasteiger partial charge is 0.264 e. The maximum atomic E-state index is 13.2. The molecule has 0 saturated carbocycles. The number of nitrogens with zero attached hydrogens (tertiary/aromatic N) is 3. The van der Waals surface area contributed by atoms with Crippen LogP contribution in [0.5, 0.6) is 0 Å². The number of aryl methyl sites for hydroxylation is 1. The van der Waals surface area contributed by atoms with E-state index >= 15 is 0 Å². The first-order valence-corrected chi connectivity index (χ1v) is 12.7. The van der Waals surface area contributed by atoms with Gasteiger partial charge in [0, 0.05) is 23.6 Å². The minimum atomic E-state index is -3.90. The third kappa shape index (κ3) is 4.62. The van der Waals surface area contributed by atoms with Crippen molar-refractivity contribution in [2.75, 3.05) is 11.4 Å². The molecular formula is C26H21N3O3S2. The van der Waals surface area contributed by atoms with Crippen LogP contribution in [0.4, 0.5) is 5.69 Å². The Morgan fingerprint density at radius 2 is 1.74 bits per heavy atom. The zero-order valence-corrected chi connectivity index (χ0v) is 20.2. The number of hydrogen-bond acceptors (Lipinski definition) is 6. The van der Waals surface area contributed by atoms with Crippen LogP contribution in [-0.2, 0) is 10.0 Å². The molecule has 0 amide bonds. The van der Waals surface area contributed by atoms with E-state index in [0.29, 0.717) is 16.4 Å². The Balaban J connectivity index is 1.62. The third-order valence-electron chi connectivity index (χ3n) is 5.40. The van der Waals surface area contributed by atoms with Gasteiger partial charge in [0.25, 0.3) is 10.0 Å². The number of nitriles is 1. The average Bonchev–Trinajstić information content (AvgIpc) is 3.35. The molecule has 4 aromatic rings. The number of thiazole rings is 1. The summed E-state index contributed by atoms with van der Waals surface area (Å²) in [6, 6.07) is 24.3. The number of aromatic nitrogens is 1. The topological polar surface area (TPSA) is 91.1 Å². The Morgan fingerprint density at radius 3 is 2.41 bits per heavy atom. The quantitative estimate of drug-likeness (QED) is 0.324. The van der Waals surface area contributed by atoms with Crippen molar-refractivity contribution in [3.63, 3.8) is 0 Å². The van der Waals surface area contributed by atoms with Crippen LogP contribution in [-0.4, -0.2) is 26.2 Å². The lowest BCUT2D eigenvalue weighted by Crippen LogP contribution is -2.26. The van der Waals surface area contributed by atoms with E-state index in [1.54, 1.807) is 30.3 Å². The molecule has 0 bridgehead atoms. The lowest BCUT2D eigenvalue weighted by Gasteiger charge is -2.19. The second-order valence-corrected chi connectivity index (χ2v) is 10.6. The van der Waals surface area contributed by atoms with Crippen LogP contribution in [0.25, 0.3) is 11.3 Å². The lowest BCUT2D eigenvalue weighted by molar-refractivity contribution is 0.0978. The summed E-state index contributed by atoms with van der Waals surface area (Å²) in [6.45, 7) is 1.99. The van der Waals surface area contributed by atoms with Gasteiger partial charge in [-0.2, -0.15) is 5.26 Å². The van der Waals surface area contributed by atoms with Crippen LogP contribution >= 0.6 is 11.3 Å². The summed E-state index contributed by atoms with van der Waals surface area (Å²) in [7, 11) is -2.44. The van der Waals surface area contributed by atoms with Gasteiger partial charge in [-0.05, 0) is 31.2 Å². The summed E-state index contributed by atoms with van der Waals surface area (Å²) in [5.41, 5.74) is 3.35. The molecule has 6 nitrogen and oxygen atoms in total. The van der Waals surface area contributed by atoms with Gasteiger partial charge in [-0.3, -0.25) is 9.10 Å². The van der Waals surface area contributed by atoms with Gasteiger partial charge < -0.3 is 0 Å². The minimum absolute atomic E-state index is 0.0270. The number of carbonyl (C=O) groups is 1. The molecule has 34 heavy (non-hydrogen) atoms. The van der Waals surface area contributed by atoms with Crippen molar-refractivity contribution in [1.82, 2.24) is 4.98 Å². The summed E-state index contributed by atoms with van der Waals surface area (Å²) < 4.78 is 27.4. The van der Waals surface area contributed by atoms with Crippen LogP contribution in [0.1, 0.15) is 26.8 Å². The molecule has 0 unspecified atom stereocenters. The highest BCUT2D eigenvalue weighted by Gasteiger charge is 2.28. The summed E-state index contributed by atoms with van der Waals surface area (Å²) in [6.07, 6.45) is 0. The van der Waals surface area contributed by atoms with Gasteiger partial charge in [0.1, 0.15) is 5.01 Å². The number of carbonyl (C=O) groups excluding carboxylic acids is 1. The second-order valence-electron chi connectivity index (χ2n) is 7.70. The average molecular weight is 488 g/mol. The van der Waals surface area contributed by atoms with Crippen molar-refractivity contribution >= 4 is 32.8 Å². The first-order chi connectivity index (χ1) is 16.3. The standard InChI is InChI=1S/C26H21N3O3S2/c1-18-11-13-19(14-12-18)24-17-33-26(28-24)23(16-27)25(30)20-7-6-10-22(15-20)34(31,32)29(2)21-8-4-3-5-9-21/h3-15,17,23H,1-2H3/t23-/m1/s1. The summed E-state index contributed by atoms with van der Waals surface area (Å²) in [5, 5.41) is 11.9. The third-order valence-corrected chi connectivity index (χ3v) is 8.10. The molecule has 0 aliphatic carbocycles. The SMILES string of the molecule is Cc1ccc(-c2csc([C@H](C#N)C(=O)c3cccc(S(=O)(=O)N(C)c4ccccc4)c3)n2)cc1. The van der Waals surface area contributed by atoms with E-state index in [9.17, 15) is 18.5 Å². The van der Waals surface area contributed by atoms with Gasteiger partial charge in [-0.15, -0.1) is 11.3 Å². The Bertz CT molecular complexity index is 1470. The van der Waals surface area contributed by atoms with E-state index in [4.69, 9.17) is 0 Å². The Kier molecular flexibility index (Phi) is 6.59. The van der Waals surface area contributed by atoms with Crippen LogP contribution in [0.2, 0.25) is 0 Å². The maximum absolute atomic E-state index is 13.2. The van der Waals surface area contributed by atoms with Crippen molar-refractivity contribution in [1.29, 1.82) is 5.26 Å². The normalized spacial score (nSPS) is 12.0. The molecule has 0 N–H and O–H groups in total. The first-order valence-electron chi connectivity index (χ1n) is 10.4. The van der Waals surface area contributed by atoms with E-state index in [1.165, 1.54) is 42.6 Å². The molecule has 170 valence electrons. The number of anilines is 1. The number of para-hydroxylation sites is 1.